The van der Waals surface area contributed by atoms with Crippen molar-refractivity contribution in [2.24, 2.45) is 0 Å². The van der Waals surface area contributed by atoms with E-state index in [1.165, 1.54) is 12.1 Å². The van der Waals surface area contributed by atoms with Gasteiger partial charge in [0.25, 0.3) is 0 Å². The number of ketones is 1. The lowest BCUT2D eigenvalue weighted by Gasteiger charge is -2.17. The van der Waals surface area contributed by atoms with Crippen LogP contribution in [0.5, 0.6) is 0 Å². The number of benzene rings is 2. The second kappa shape index (κ2) is 5.41. The molecule has 0 saturated heterocycles. The number of aryl methyl sites for hydroxylation is 1. The number of nitrogens with one attached hydrogen (secondary N) is 1. The van der Waals surface area contributed by atoms with Crippen molar-refractivity contribution in [1.29, 1.82) is 0 Å². The Hall–Kier alpha value is -2.01. The number of halogens is 2. The minimum Gasteiger partial charge on any atom is -0.326 e. The minimum atomic E-state index is -0.467. The molecule has 2 aromatic carbocycles. The van der Waals surface area contributed by atoms with Gasteiger partial charge in [-0.3, -0.25) is 9.59 Å². The van der Waals surface area contributed by atoms with E-state index in [1.807, 2.05) is 0 Å². The largest absolute Gasteiger partial charge is 0.326 e. The number of rotatable bonds is 2. The molecule has 1 heterocycles. The average molecular weight is 348 g/mol. The third-order valence-corrected chi connectivity index (χ3v) is 4.09. The first-order valence-corrected chi connectivity index (χ1v) is 7.26. The molecule has 3 rings (SSSR count). The molecule has 1 aliphatic heterocycles. The summed E-state index contributed by atoms with van der Waals surface area (Å²) in [5, 5.41) is 2.77. The quantitative estimate of drug-likeness (QED) is 0.842. The highest BCUT2D eigenvalue weighted by Gasteiger charge is 2.17. The summed E-state index contributed by atoms with van der Waals surface area (Å²) in [6, 6.07) is 9.43. The Morgan fingerprint density at radius 3 is 2.57 bits per heavy atom. The van der Waals surface area contributed by atoms with E-state index in [-0.39, 0.29) is 11.7 Å². The fourth-order valence-electron chi connectivity index (χ4n) is 2.33. The van der Waals surface area contributed by atoms with E-state index in [2.05, 4.69) is 21.2 Å². The third-order valence-electron chi connectivity index (χ3n) is 3.44. The van der Waals surface area contributed by atoms with Crippen molar-refractivity contribution in [2.45, 2.75) is 12.8 Å². The topological polar surface area (TPSA) is 46.2 Å². The number of amides is 1. The molecule has 2 aromatic rings. The molecule has 3 nitrogen and oxygen atoms in total. The van der Waals surface area contributed by atoms with Crippen molar-refractivity contribution in [2.75, 3.05) is 5.32 Å². The summed E-state index contributed by atoms with van der Waals surface area (Å²) < 4.78 is 13.9. The summed E-state index contributed by atoms with van der Waals surface area (Å²) in [4.78, 5) is 23.7. The highest BCUT2D eigenvalue weighted by molar-refractivity contribution is 9.10. The second-order valence-corrected chi connectivity index (χ2v) is 5.73. The maximum Gasteiger partial charge on any atom is 0.224 e. The first-order chi connectivity index (χ1) is 10.0. The number of carbonyl (C=O) groups excluding carboxylic acids is 2. The van der Waals surface area contributed by atoms with Crippen LogP contribution in [0.3, 0.4) is 0 Å². The van der Waals surface area contributed by atoms with Crippen LogP contribution in [0, 0.1) is 5.82 Å². The van der Waals surface area contributed by atoms with Crippen LogP contribution in [0.2, 0.25) is 0 Å². The lowest BCUT2D eigenvalue weighted by molar-refractivity contribution is -0.116. The van der Waals surface area contributed by atoms with Gasteiger partial charge in [0.2, 0.25) is 5.91 Å². The molecule has 1 N–H and O–H groups in total. The molecule has 1 aliphatic rings. The van der Waals surface area contributed by atoms with Gasteiger partial charge < -0.3 is 5.32 Å². The molecule has 21 heavy (non-hydrogen) atoms. The van der Waals surface area contributed by atoms with Gasteiger partial charge in [-0.25, -0.2) is 4.39 Å². The maximum absolute atomic E-state index is 13.5. The van der Waals surface area contributed by atoms with E-state index in [9.17, 15) is 14.0 Å². The van der Waals surface area contributed by atoms with Crippen LogP contribution in [0.4, 0.5) is 10.1 Å². The van der Waals surface area contributed by atoms with Crippen LogP contribution in [0.15, 0.2) is 40.9 Å². The zero-order valence-corrected chi connectivity index (χ0v) is 12.5. The van der Waals surface area contributed by atoms with Gasteiger partial charge in [-0.2, -0.15) is 0 Å². The van der Waals surface area contributed by atoms with Crippen molar-refractivity contribution in [1.82, 2.24) is 0 Å². The molecule has 1 amide bonds. The summed E-state index contributed by atoms with van der Waals surface area (Å²) in [6.45, 7) is 0. The fourth-order valence-corrected chi connectivity index (χ4v) is 2.58. The molecule has 106 valence electrons. The van der Waals surface area contributed by atoms with Crippen LogP contribution >= 0.6 is 15.9 Å². The van der Waals surface area contributed by atoms with Crippen LogP contribution in [0.1, 0.15) is 27.9 Å². The normalized spacial score (nSPS) is 13.5. The minimum absolute atomic E-state index is 0.0171. The highest BCUT2D eigenvalue weighted by Crippen LogP contribution is 2.25. The molecular formula is C16H11BrFNO2. The van der Waals surface area contributed by atoms with Crippen molar-refractivity contribution < 1.29 is 14.0 Å². The van der Waals surface area contributed by atoms with Gasteiger partial charge >= 0.3 is 0 Å². The summed E-state index contributed by atoms with van der Waals surface area (Å²) in [7, 11) is 0. The lowest BCUT2D eigenvalue weighted by atomic mass is 9.96. The van der Waals surface area contributed by atoms with E-state index in [0.717, 1.165) is 11.3 Å². The predicted molar refractivity (Wildman–Crippen MR) is 80.9 cm³/mol. The maximum atomic E-state index is 13.5. The number of carbonyl (C=O) groups is 2. The first kappa shape index (κ1) is 13.9. The average Bonchev–Trinajstić information content (AvgIpc) is 2.49. The van der Waals surface area contributed by atoms with Crippen molar-refractivity contribution in [3.63, 3.8) is 0 Å². The van der Waals surface area contributed by atoms with Gasteiger partial charge in [0, 0.05) is 23.2 Å². The predicted octanol–water partition coefficient (Wildman–Crippen LogP) is 3.70. The Balaban J connectivity index is 1.95. The van der Waals surface area contributed by atoms with Crippen LogP contribution in [-0.2, 0) is 11.2 Å². The first-order valence-electron chi connectivity index (χ1n) is 6.47. The summed E-state index contributed by atoms with van der Waals surface area (Å²) in [5.74, 6) is -0.719. The Labute approximate surface area is 129 Å². The Kier molecular flexibility index (Phi) is 3.59. The molecular weight excluding hydrogens is 337 g/mol. The van der Waals surface area contributed by atoms with Gasteiger partial charge in [-0.05, 0) is 64.3 Å². The van der Waals surface area contributed by atoms with Crippen LogP contribution in [0.25, 0.3) is 0 Å². The highest BCUT2D eigenvalue weighted by atomic mass is 79.9. The van der Waals surface area contributed by atoms with Crippen molar-refractivity contribution in [3.8, 4) is 0 Å². The van der Waals surface area contributed by atoms with Gasteiger partial charge in [-0.15, -0.1) is 0 Å². The molecule has 0 fully saturated rings. The zero-order chi connectivity index (χ0) is 15.0. The summed E-state index contributed by atoms with van der Waals surface area (Å²) in [5.41, 5.74) is 2.46. The summed E-state index contributed by atoms with van der Waals surface area (Å²) in [6.07, 6.45) is 1.02. The Morgan fingerprint density at radius 1 is 1.10 bits per heavy atom. The van der Waals surface area contributed by atoms with Crippen LogP contribution < -0.4 is 5.32 Å². The molecule has 0 saturated carbocycles. The number of hydrogen-bond acceptors (Lipinski definition) is 2. The van der Waals surface area contributed by atoms with Crippen molar-refractivity contribution >= 4 is 33.3 Å². The molecule has 0 aliphatic carbocycles. The molecule has 0 bridgehead atoms. The standard InChI is InChI=1S/C16H11BrFNO2/c17-12-4-1-11(8-13(12)18)16(21)10-2-5-14-9(7-10)3-6-15(20)19-14/h1-2,4-5,7-8H,3,6H2,(H,19,20). The molecule has 0 aromatic heterocycles. The van der Waals surface area contributed by atoms with E-state index in [0.29, 0.717) is 28.4 Å². The van der Waals surface area contributed by atoms with Gasteiger partial charge in [0.15, 0.2) is 5.78 Å². The molecule has 0 atom stereocenters. The van der Waals surface area contributed by atoms with Gasteiger partial charge in [0.1, 0.15) is 5.82 Å². The monoisotopic (exact) mass is 347 g/mol. The molecule has 0 unspecified atom stereocenters. The van der Waals surface area contributed by atoms with Gasteiger partial charge in [-0.1, -0.05) is 0 Å². The van der Waals surface area contributed by atoms with Crippen molar-refractivity contribution in [3.05, 3.63) is 63.4 Å². The Morgan fingerprint density at radius 2 is 1.81 bits per heavy atom. The fraction of sp³-hybridized carbons (Fsp3) is 0.125. The van der Waals surface area contributed by atoms with E-state index < -0.39 is 5.82 Å². The second-order valence-electron chi connectivity index (χ2n) is 4.88. The summed E-state index contributed by atoms with van der Waals surface area (Å²) >= 11 is 3.06. The van der Waals surface area contributed by atoms with Gasteiger partial charge in [0.05, 0.1) is 4.47 Å². The number of hydrogen-bond donors (Lipinski definition) is 1. The lowest BCUT2D eigenvalue weighted by Crippen LogP contribution is -2.19. The number of anilines is 1. The third kappa shape index (κ3) is 2.74. The molecule has 0 radical (unpaired) electrons. The van der Waals surface area contributed by atoms with E-state index in [4.69, 9.17) is 0 Å². The zero-order valence-electron chi connectivity index (χ0n) is 11.0. The number of fused-ring (bicyclic) bond motifs is 1. The molecule has 0 spiro atoms. The SMILES string of the molecule is O=C1CCc2cc(C(=O)c3ccc(Br)c(F)c3)ccc2N1. The van der Waals surface area contributed by atoms with Crippen LogP contribution in [-0.4, -0.2) is 11.7 Å². The van der Waals surface area contributed by atoms with E-state index >= 15 is 0 Å². The molecule has 5 heteroatoms. The Bertz CT molecular complexity index is 758. The van der Waals surface area contributed by atoms with E-state index in [1.54, 1.807) is 24.3 Å². The smallest absolute Gasteiger partial charge is 0.224 e.